The summed E-state index contributed by atoms with van der Waals surface area (Å²) < 4.78 is 5.25. The van der Waals surface area contributed by atoms with Gasteiger partial charge in [-0.05, 0) is 18.6 Å². The molecule has 1 heterocycles. The van der Waals surface area contributed by atoms with Crippen LogP contribution in [0.5, 0.6) is 0 Å². The third-order valence-corrected chi connectivity index (χ3v) is 3.59. The molecule has 0 spiro atoms. The van der Waals surface area contributed by atoms with Crippen molar-refractivity contribution in [1.82, 2.24) is 4.90 Å². The molecule has 1 amide bonds. The fourth-order valence-corrected chi connectivity index (χ4v) is 2.58. The van der Waals surface area contributed by atoms with Crippen LogP contribution in [-0.4, -0.2) is 29.0 Å². The Hall–Kier alpha value is -1.48. The van der Waals surface area contributed by atoms with Crippen LogP contribution in [0.2, 0.25) is 0 Å². The van der Waals surface area contributed by atoms with Crippen molar-refractivity contribution in [2.45, 2.75) is 25.1 Å². The first-order valence-corrected chi connectivity index (χ1v) is 6.45. The average Bonchev–Trinajstić information content (AvgIpc) is 2.74. The number of carbonyl (C=O) groups excluding carboxylic acids is 1. The number of carbonyl (C=O) groups is 1. The second-order valence-corrected chi connectivity index (χ2v) is 4.61. The highest BCUT2D eigenvalue weighted by molar-refractivity contribution is 6.18. The molecule has 0 aromatic heterocycles. The van der Waals surface area contributed by atoms with E-state index in [0.29, 0.717) is 5.88 Å². The van der Waals surface area contributed by atoms with E-state index in [2.05, 4.69) is 6.58 Å². The van der Waals surface area contributed by atoms with E-state index in [4.69, 9.17) is 16.3 Å². The summed E-state index contributed by atoms with van der Waals surface area (Å²) in [5.74, 6) is 0.333. The third-order valence-electron chi connectivity index (χ3n) is 3.27. The molecule has 1 aromatic rings. The first-order chi connectivity index (χ1) is 8.69. The van der Waals surface area contributed by atoms with Gasteiger partial charge in [-0.25, -0.2) is 4.79 Å². The van der Waals surface area contributed by atoms with E-state index in [1.807, 2.05) is 37.3 Å². The van der Waals surface area contributed by atoms with E-state index < -0.39 is 0 Å². The molecule has 3 nitrogen and oxygen atoms in total. The normalized spacial score (nSPS) is 24.8. The van der Waals surface area contributed by atoms with Crippen LogP contribution >= 0.6 is 11.6 Å². The van der Waals surface area contributed by atoms with Gasteiger partial charge in [0.05, 0.1) is 12.1 Å². The maximum atomic E-state index is 11.9. The van der Waals surface area contributed by atoms with Crippen LogP contribution < -0.4 is 0 Å². The zero-order chi connectivity index (χ0) is 13.1. The molecule has 0 aliphatic carbocycles. The van der Waals surface area contributed by atoms with Crippen LogP contribution in [0, 0.1) is 0 Å². The Bertz CT molecular complexity index is 435. The lowest BCUT2D eigenvalue weighted by molar-refractivity contribution is 0.139. The van der Waals surface area contributed by atoms with Crippen LogP contribution in [-0.2, 0) is 4.74 Å². The molecule has 1 aliphatic rings. The van der Waals surface area contributed by atoms with Crippen molar-refractivity contribution in [2.24, 2.45) is 0 Å². The highest BCUT2D eigenvalue weighted by Gasteiger charge is 2.42. The molecule has 0 saturated carbocycles. The summed E-state index contributed by atoms with van der Waals surface area (Å²) in [6.07, 6.45) is 0.964. The minimum atomic E-state index is -0.332. The van der Waals surface area contributed by atoms with Gasteiger partial charge >= 0.3 is 6.09 Å². The molecule has 3 atom stereocenters. The van der Waals surface area contributed by atoms with Gasteiger partial charge in [-0.1, -0.05) is 36.9 Å². The Kier molecular flexibility index (Phi) is 3.92. The number of benzene rings is 1. The monoisotopic (exact) mass is 265 g/mol. The van der Waals surface area contributed by atoms with E-state index in [1.54, 1.807) is 11.0 Å². The van der Waals surface area contributed by atoms with Crippen molar-refractivity contribution in [3.05, 3.63) is 48.6 Å². The van der Waals surface area contributed by atoms with Crippen LogP contribution in [0.4, 0.5) is 4.79 Å². The Morgan fingerprint density at radius 3 is 2.72 bits per heavy atom. The van der Waals surface area contributed by atoms with Gasteiger partial charge in [-0.3, -0.25) is 4.90 Å². The van der Waals surface area contributed by atoms with Gasteiger partial charge in [0.15, 0.2) is 0 Å². The number of hydrogen-bond acceptors (Lipinski definition) is 2. The summed E-state index contributed by atoms with van der Waals surface area (Å²) in [5.41, 5.74) is 1.06. The molecule has 0 bridgehead atoms. The van der Waals surface area contributed by atoms with E-state index in [0.717, 1.165) is 5.56 Å². The standard InChI is InChI=1S/C14H16ClNO2/c1-3-13-12(9-15)16(14(17)18-13)10(2)11-7-5-4-6-8-11/h3-8,10,12-13H,1,9H2,2H3/t10-,12+,13-/m1/s1. The smallest absolute Gasteiger partial charge is 0.411 e. The molecule has 0 unspecified atom stereocenters. The van der Waals surface area contributed by atoms with Crippen LogP contribution in [0.25, 0.3) is 0 Å². The van der Waals surface area contributed by atoms with Crippen LogP contribution in [0.3, 0.4) is 0 Å². The van der Waals surface area contributed by atoms with Gasteiger partial charge < -0.3 is 4.74 Å². The number of ether oxygens (including phenoxy) is 1. The highest BCUT2D eigenvalue weighted by Crippen LogP contribution is 2.31. The Balaban J connectivity index is 2.26. The molecule has 18 heavy (non-hydrogen) atoms. The number of amides is 1. The predicted octanol–water partition coefficient (Wildman–Crippen LogP) is 3.36. The Morgan fingerprint density at radius 1 is 1.50 bits per heavy atom. The lowest BCUT2D eigenvalue weighted by atomic mass is 10.0. The lowest BCUT2D eigenvalue weighted by Gasteiger charge is -2.28. The van der Waals surface area contributed by atoms with Crippen molar-refractivity contribution in [2.75, 3.05) is 5.88 Å². The quantitative estimate of drug-likeness (QED) is 0.617. The lowest BCUT2D eigenvalue weighted by Crippen LogP contribution is -2.39. The van der Waals surface area contributed by atoms with Gasteiger partial charge in [0, 0.05) is 5.88 Å². The van der Waals surface area contributed by atoms with Gasteiger partial charge in [0.2, 0.25) is 0 Å². The molecule has 1 fully saturated rings. The van der Waals surface area contributed by atoms with E-state index in [1.165, 1.54) is 0 Å². The zero-order valence-electron chi connectivity index (χ0n) is 10.3. The highest BCUT2D eigenvalue weighted by atomic mass is 35.5. The molecule has 1 aromatic carbocycles. The molecule has 1 aliphatic heterocycles. The average molecular weight is 266 g/mol. The first-order valence-electron chi connectivity index (χ1n) is 5.91. The molecular weight excluding hydrogens is 250 g/mol. The van der Waals surface area contributed by atoms with Crippen LogP contribution in [0.1, 0.15) is 18.5 Å². The minimum absolute atomic E-state index is 0.0626. The number of halogens is 1. The summed E-state index contributed by atoms with van der Waals surface area (Å²) in [6, 6.07) is 9.61. The third kappa shape index (κ3) is 2.23. The molecule has 0 radical (unpaired) electrons. The zero-order valence-corrected chi connectivity index (χ0v) is 11.0. The van der Waals surface area contributed by atoms with Crippen molar-refractivity contribution in [3.63, 3.8) is 0 Å². The van der Waals surface area contributed by atoms with Crippen molar-refractivity contribution >= 4 is 17.7 Å². The molecule has 1 saturated heterocycles. The van der Waals surface area contributed by atoms with E-state index >= 15 is 0 Å². The van der Waals surface area contributed by atoms with Crippen molar-refractivity contribution in [1.29, 1.82) is 0 Å². The van der Waals surface area contributed by atoms with Gasteiger partial charge in [0.1, 0.15) is 6.10 Å². The summed E-state index contributed by atoms with van der Waals surface area (Å²) in [6.45, 7) is 5.65. The summed E-state index contributed by atoms with van der Waals surface area (Å²) >= 11 is 5.95. The molecule has 2 rings (SSSR count). The van der Waals surface area contributed by atoms with Gasteiger partial charge in [0.25, 0.3) is 0 Å². The van der Waals surface area contributed by atoms with Gasteiger partial charge in [-0.15, -0.1) is 11.6 Å². The molecule has 4 heteroatoms. The number of nitrogens with zero attached hydrogens (tertiary/aromatic N) is 1. The second-order valence-electron chi connectivity index (χ2n) is 4.30. The second kappa shape index (κ2) is 5.44. The number of hydrogen-bond donors (Lipinski definition) is 0. The van der Waals surface area contributed by atoms with Crippen molar-refractivity contribution < 1.29 is 9.53 Å². The Morgan fingerprint density at radius 2 is 2.17 bits per heavy atom. The molecule has 0 N–H and O–H groups in total. The minimum Gasteiger partial charge on any atom is -0.440 e. The fourth-order valence-electron chi connectivity index (χ4n) is 2.25. The summed E-state index contributed by atoms with van der Waals surface area (Å²) in [5, 5.41) is 0. The number of rotatable bonds is 4. The topological polar surface area (TPSA) is 29.5 Å². The molecule has 96 valence electrons. The SMILES string of the molecule is C=C[C@H]1OC(=O)N([C@H](C)c2ccccc2)[C@H]1CCl. The van der Waals surface area contributed by atoms with E-state index in [-0.39, 0.29) is 24.3 Å². The maximum Gasteiger partial charge on any atom is 0.411 e. The first kappa shape index (κ1) is 13.0. The predicted molar refractivity (Wildman–Crippen MR) is 71.7 cm³/mol. The fraction of sp³-hybridized carbons (Fsp3) is 0.357. The van der Waals surface area contributed by atoms with Gasteiger partial charge in [-0.2, -0.15) is 0 Å². The van der Waals surface area contributed by atoms with E-state index in [9.17, 15) is 4.79 Å². The van der Waals surface area contributed by atoms with Crippen LogP contribution in [0.15, 0.2) is 43.0 Å². The van der Waals surface area contributed by atoms with Crippen molar-refractivity contribution in [3.8, 4) is 0 Å². The molecular formula is C14H16ClNO2. The maximum absolute atomic E-state index is 11.9. The number of alkyl halides is 1. The Labute approximate surface area is 112 Å². The summed E-state index contributed by atoms with van der Waals surface area (Å²) in [7, 11) is 0. The largest absolute Gasteiger partial charge is 0.440 e. The number of cyclic esters (lactones) is 1. The summed E-state index contributed by atoms with van der Waals surface area (Å²) in [4.78, 5) is 13.6.